The summed E-state index contributed by atoms with van der Waals surface area (Å²) in [6, 6.07) is 4.30. The fraction of sp³-hybridized carbons (Fsp3) is 0.600. The van der Waals surface area contributed by atoms with E-state index in [0.717, 1.165) is 7.11 Å². The second-order valence-electron chi connectivity index (χ2n) is 9.58. The average molecular weight is 543 g/mol. The van der Waals surface area contributed by atoms with E-state index < -0.39 is 49.0 Å². The molecule has 0 saturated carbocycles. The molecule has 1 fully saturated rings. The highest BCUT2D eigenvalue weighted by Crippen LogP contribution is 2.35. The Balaban J connectivity index is 1.94. The number of nitrogens with zero attached hydrogens (tertiary/aromatic N) is 2. The Kier molecular flexibility index (Phi) is 9.21. The molecule has 0 aliphatic carbocycles. The van der Waals surface area contributed by atoms with Crippen LogP contribution >= 0.6 is 0 Å². The van der Waals surface area contributed by atoms with Crippen LogP contribution in [0, 0.1) is 12.7 Å². The van der Waals surface area contributed by atoms with Crippen LogP contribution in [-0.4, -0.2) is 86.6 Å². The zero-order chi connectivity index (χ0) is 28.4. The van der Waals surface area contributed by atoms with Gasteiger partial charge in [0.1, 0.15) is 36.5 Å². The van der Waals surface area contributed by atoms with Gasteiger partial charge in [-0.05, 0) is 46.2 Å². The number of carbonyl (C=O) groups excluding carboxylic acids is 1. The summed E-state index contributed by atoms with van der Waals surface area (Å²) in [4.78, 5) is 11.3. The van der Waals surface area contributed by atoms with Gasteiger partial charge >= 0.3 is 12.1 Å². The van der Waals surface area contributed by atoms with E-state index in [1.165, 1.54) is 6.07 Å². The maximum atomic E-state index is 15.0. The first-order valence-corrected chi connectivity index (χ1v) is 12.1. The number of halogens is 1. The molecule has 13 heteroatoms. The Morgan fingerprint density at radius 3 is 2.47 bits per heavy atom. The highest BCUT2D eigenvalue weighted by atomic mass is 19.1. The van der Waals surface area contributed by atoms with Crippen LogP contribution in [-0.2, 0) is 20.6 Å². The van der Waals surface area contributed by atoms with Crippen molar-refractivity contribution < 1.29 is 53.3 Å². The number of hydrogen-bond donors (Lipinski definition) is 4. The molecular formula is C25H35FN2O10. The minimum atomic E-state index is -2.91. The zero-order valence-electron chi connectivity index (χ0n) is 22.1. The van der Waals surface area contributed by atoms with Gasteiger partial charge in [-0.3, -0.25) is 4.68 Å². The lowest BCUT2D eigenvalue weighted by atomic mass is 9.97. The molecule has 1 aliphatic heterocycles. The van der Waals surface area contributed by atoms with E-state index in [4.69, 9.17) is 18.9 Å². The van der Waals surface area contributed by atoms with Gasteiger partial charge in [0.2, 0.25) is 5.88 Å². The largest absolute Gasteiger partial charge is 0.508 e. The highest BCUT2D eigenvalue weighted by Gasteiger charge is 2.56. The van der Waals surface area contributed by atoms with Crippen molar-refractivity contribution in [2.45, 2.75) is 83.6 Å². The predicted molar refractivity (Wildman–Crippen MR) is 129 cm³/mol. The lowest BCUT2D eigenvalue weighted by Gasteiger charge is -2.44. The van der Waals surface area contributed by atoms with Gasteiger partial charge < -0.3 is 44.1 Å². The first-order valence-electron chi connectivity index (χ1n) is 12.1. The molecule has 1 aromatic carbocycles. The number of aliphatic hydroxyl groups excluding tert-OH is 3. The maximum absolute atomic E-state index is 15.0. The number of carbonyl (C=O) groups is 1. The van der Waals surface area contributed by atoms with Crippen molar-refractivity contribution in [1.82, 2.24) is 9.78 Å². The standard InChI is InChI=1S/C25H35FN2O10/c1-12(2)28-14(5)17(9-15-7-8-16(10-18(15)26)36-13(3)4)23(27-28)38-25(33)22(31)21(30)20(29)19(37-25)11-35-24(32)34-6/h7-8,10,12-13,19-22,29-31,33H,9,11H2,1-6H3/t19-,20-,21+,22-,25-/m1/s1. The van der Waals surface area contributed by atoms with Crippen molar-refractivity contribution in [3.8, 4) is 11.6 Å². The van der Waals surface area contributed by atoms with Crippen molar-refractivity contribution in [2.24, 2.45) is 0 Å². The molecule has 1 aromatic heterocycles. The van der Waals surface area contributed by atoms with Crippen LogP contribution in [0.3, 0.4) is 0 Å². The van der Waals surface area contributed by atoms with E-state index in [9.17, 15) is 29.6 Å². The molecule has 4 N–H and O–H groups in total. The first kappa shape index (κ1) is 29.6. The Morgan fingerprint density at radius 1 is 1.21 bits per heavy atom. The van der Waals surface area contributed by atoms with Crippen LogP contribution in [0.1, 0.15) is 50.6 Å². The lowest BCUT2D eigenvalue weighted by molar-refractivity contribution is -0.423. The first-order chi connectivity index (χ1) is 17.8. The number of methoxy groups -OCH3 is 1. The fourth-order valence-corrected chi connectivity index (χ4v) is 4.07. The molecule has 0 spiro atoms. The van der Waals surface area contributed by atoms with Gasteiger partial charge in [0.05, 0.1) is 13.2 Å². The summed E-state index contributed by atoms with van der Waals surface area (Å²) in [5.74, 6) is -3.27. The predicted octanol–water partition coefficient (Wildman–Crippen LogP) is 1.58. The molecule has 0 bridgehead atoms. The number of ether oxygens (including phenoxy) is 5. The third kappa shape index (κ3) is 6.35. The van der Waals surface area contributed by atoms with E-state index in [1.807, 2.05) is 27.7 Å². The molecule has 1 saturated heterocycles. The van der Waals surface area contributed by atoms with E-state index in [2.05, 4.69) is 9.84 Å². The molecule has 1 aliphatic rings. The van der Waals surface area contributed by atoms with Crippen molar-refractivity contribution in [3.63, 3.8) is 0 Å². The van der Waals surface area contributed by atoms with Crippen LogP contribution in [0.15, 0.2) is 18.2 Å². The smallest absolute Gasteiger partial charge is 0.491 e. The van der Waals surface area contributed by atoms with E-state index in [-0.39, 0.29) is 30.0 Å². The van der Waals surface area contributed by atoms with Gasteiger partial charge in [0.15, 0.2) is 6.10 Å². The SMILES string of the molecule is COC(=O)OC[C@H]1O[C@@](O)(Oc2nn(C(C)C)c(C)c2Cc2ccc(OC(C)C)cc2F)[C@H](O)[C@@H](O)[C@@H]1O. The van der Waals surface area contributed by atoms with Crippen molar-refractivity contribution in [1.29, 1.82) is 0 Å². The van der Waals surface area contributed by atoms with Gasteiger partial charge in [-0.1, -0.05) is 6.07 Å². The summed E-state index contributed by atoms with van der Waals surface area (Å²) in [6.45, 7) is 8.46. The monoisotopic (exact) mass is 542 g/mol. The Hall–Kier alpha value is -2.97. The van der Waals surface area contributed by atoms with E-state index >= 15 is 0 Å². The van der Waals surface area contributed by atoms with Gasteiger partial charge in [-0.25, -0.2) is 9.18 Å². The topological polar surface area (TPSA) is 162 Å². The molecule has 0 unspecified atom stereocenters. The van der Waals surface area contributed by atoms with Crippen molar-refractivity contribution in [3.05, 3.63) is 40.8 Å². The summed E-state index contributed by atoms with van der Waals surface area (Å²) in [5, 5.41) is 46.6. The van der Waals surface area contributed by atoms with Crippen LogP contribution in [0.4, 0.5) is 9.18 Å². The fourth-order valence-electron chi connectivity index (χ4n) is 4.07. The quantitative estimate of drug-likeness (QED) is 0.269. The minimum Gasteiger partial charge on any atom is -0.491 e. The summed E-state index contributed by atoms with van der Waals surface area (Å²) in [5.41, 5.74) is 1.26. The number of benzene rings is 1. The zero-order valence-corrected chi connectivity index (χ0v) is 22.1. The van der Waals surface area contributed by atoms with Gasteiger partial charge in [0.25, 0.3) is 0 Å². The summed E-state index contributed by atoms with van der Waals surface area (Å²) in [6.07, 6.45) is -8.56. The van der Waals surface area contributed by atoms with Crippen LogP contribution < -0.4 is 9.47 Å². The van der Waals surface area contributed by atoms with Gasteiger partial charge in [-0.2, -0.15) is 0 Å². The number of aromatic nitrogens is 2. The van der Waals surface area contributed by atoms with Crippen LogP contribution in [0.5, 0.6) is 11.6 Å². The van der Waals surface area contributed by atoms with E-state index in [0.29, 0.717) is 17.0 Å². The van der Waals surface area contributed by atoms with Gasteiger partial charge in [-0.15, -0.1) is 5.10 Å². The molecule has 12 nitrogen and oxygen atoms in total. The molecule has 212 valence electrons. The highest BCUT2D eigenvalue weighted by molar-refractivity contribution is 5.59. The molecule has 2 aromatic rings. The molecule has 5 atom stereocenters. The van der Waals surface area contributed by atoms with Gasteiger partial charge in [0, 0.05) is 29.8 Å². The molecule has 2 heterocycles. The Labute approximate surface area is 219 Å². The van der Waals surface area contributed by atoms with Crippen molar-refractivity contribution in [2.75, 3.05) is 13.7 Å². The summed E-state index contributed by atoms with van der Waals surface area (Å²) in [7, 11) is 1.07. The maximum Gasteiger partial charge on any atom is 0.508 e. The third-order valence-electron chi connectivity index (χ3n) is 6.01. The Bertz CT molecular complexity index is 1120. The third-order valence-corrected chi connectivity index (χ3v) is 6.01. The average Bonchev–Trinajstić information content (AvgIpc) is 3.15. The molecule has 0 radical (unpaired) electrons. The molecule has 38 heavy (non-hydrogen) atoms. The molecule has 0 amide bonds. The lowest BCUT2D eigenvalue weighted by Crippen LogP contribution is -2.67. The second-order valence-corrected chi connectivity index (χ2v) is 9.58. The molecule has 3 rings (SSSR count). The second kappa shape index (κ2) is 11.8. The minimum absolute atomic E-state index is 0.00604. The Morgan fingerprint density at radius 2 is 1.89 bits per heavy atom. The number of aliphatic hydroxyl groups is 4. The number of hydrogen-bond acceptors (Lipinski definition) is 11. The summed E-state index contributed by atoms with van der Waals surface area (Å²) < 4.78 is 42.2. The summed E-state index contributed by atoms with van der Waals surface area (Å²) >= 11 is 0. The van der Waals surface area contributed by atoms with Crippen LogP contribution in [0.25, 0.3) is 0 Å². The van der Waals surface area contributed by atoms with E-state index in [1.54, 1.807) is 23.7 Å². The van der Waals surface area contributed by atoms with Crippen LogP contribution in [0.2, 0.25) is 0 Å². The molecular weight excluding hydrogens is 507 g/mol. The normalized spacial score (nSPS) is 25.5. The number of rotatable bonds is 9. The van der Waals surface area contributed by atoms with Crippen molar-refractivity contribution >= 4 is 6.16 Å².